The van der Waals surface area contributed by atoms with E-state index in [1.807, 2.05) is 11.9 Å². The Kier molecular flexibility index (Phi) is 4.57. The number of ketones is 1. The molecule has 0 saturated carbocycles. The van der Waals surface area contributed by atoms with Crippen molar-refractivity contribution in [2.24, 2.45) is 7.05 Å². The van der Waals surface area contributed by atoms with Crippen LogP contribution >= 0.6 is 0 Å². The monoisotopic (exact) mass is 288 g/mol. The number of anilines is 1. The Bertz CT molecular complexity index is 687. The molecule has 0 aliphatic carbocycles. The lowest BCUT2D eigenvalue weighted by Gasteiger charge is -2.17. The molecule has 112 valence electrons. The van der Waals surface area contributed by atoms with Gasteiger partial charge in [-0.2, -0.15) is 5.10 Å². The van der Waals surface area contributed by atoms with Gasteiger partial charge in [-0.3, -0.25) is 9.59 Å². The van der Waals surface area contributed by atoms with Crippen molar-refractivity contribution in [1.29, 1.82) is 0 Å². The lowest BCUT2D eigenvalue weighted by molar-refractivity contribution is 0.0957. The van der Waals surface area contributed by atoms with Crippen LogP contribution in [0.5, 0.6) is 0 Å². The van der Waals surface area contributed by atoms with Gasteiger partial charge in [-0.05, 0) is 18.6 Å². The number of carbonyl (C=O) groups is 1. The number of hydrogen-bond donors (Lipinski definition) is 0. The fourth-order valence-electron chi connectivity index (χ4n) is 2.18. The van der Waals surface area contributed by atoms with Crippen LogP contribution in [-0.2, 0) is 13.6 Å². The van der Waals surface area contributed by atoms with Crippen LogP contribution < -0.4 is 10.5 Å². The van der Waals surface area contributed by atoms with Crippen molar-refractivity contribution in [2.45, 2.75) is 19.9 Å². The van der Waals surface area contributed by atoms with E-state index >= 15 is 0 Å². The predicted octanol–water partition coefficient (Wildman–Crippen LogP) is 1.31. The van der Waals surface area contributed by atoms with Crippen LogP contribution in [0.3, 0.4) is 0 Å². The summed E-state index contributed by atoms with van der Waals surface area (Å²) in [6, 6.07) is 5.05. The molecule has 0 atom stereocenters. The Labute approximate surface area is 123 Å². The van der Waals surface area contributed by atoms with Crippen LogP contribution in [0.2, 0.25) is 0 Å². The minimum absolute atomic E-state index is 0.0472. The summed E-state index contributed by atoms with van der Waals surface area (Å²) in [6.45, 7) is 2.88. The van der Waals surface area contributed by atoms with Gasteiger partial charge < -0.3 is 9.47 Å². The molecule has 6 nitrogen and oxygen atoms in total. The van der Waals surface area contributed by atoms with Crippen molar-refractivity contribution in [3.05, 3.63) is 46.6 Å². The Morgan fingerprint density at radius 1 is 1.43 bits per heavy atom. The van der Waals surface area contributed by atoms with E-state index in [1.54, 1.807) is 36.1 Å². The van der Waals surface area contributed by atoms with Gasteiger partial charge in [-0.25, -0.2) is 4.68 Å². The highest BCUT2D eigenvalue weighted by atomic mass is 16.1. The van der Waals surface area contributed by atoms with Gasteiger partial charge in [0.25, 0.3) is 5.56 Å². The van der Waals surface area contributed by atoms with Gasteiger partial charge in [0.1, 0.15) is 6.54 Å². The van der Waals surface area contributed by atoms with E-state index in [1.165, 1.54) is 10.7 Å². The number of hydrogen-bond acceptors (Lipinski definition) is 4. The smallest absolute Gasteiger partial charge is 0.269 e. The molecule has 2 aromatic heterocycles. The van der Waals surface area contributed by atoms with E-state index in [0.29, 0.717) is 5.69 Å². The summed E-state index contributed by atoms with van der Waals surface area (Å²) in [5, 5.41) is 4.09. The highest BCUT2D eigenvalue weighted by Crippen LogP contribution is 2.07. The first-order chi connectivity index (χ1) is 10.0. The Morgan fingerprint density at radius 3 is 2.76 bits per heavy atom. The molecule has 0 fully saturated rings. The third-order valence-corrected chi connectivity index (χ3v) is 3.38. The van der Waals surface area contributed by atoms with Gasteiger partial charge >= 0.3 is 0 Å². The van der Waals surface area contributed by atoms with Crippen LogP contribution in [-0.4, -0.2) is 33.7 Å². The Balaban J connectivity index is 2.17. The van der Waals surface area contributed by atoms with Gasteiger partial charge in [-0.1, -0.05) is 6.92 Å². The maximum Gasteiger partial charge on any atom is 0.269 e. The molecule has 0 aromatic carbocycles. The average molecular weight is 288 g/mol. The van der Waals surface area contributed by atoms with Crippen molar-refractivity contribution in [3.63, 3.8) is 0 Å². The molecule has 0 saturated heterocycles. The Morgan fingerprint density at radius 2 is 2.19 bits per heavy atom. The lowest BCUT2D eigenvalue weighted by Crippen LogP contribution is -2.29. The minimum Gasteiger partial charge on any atom is -0.373 e. The zero-order valence-corrected chi connectivity index (χ0v) is 12.6. The second-order valence-electron chi connectivity index (χ2n) is 5.06. The van der Waals surface area contributed by atoms with Gasteiger partial charge in [0, 0.05) is 32.9 Å². The van der Waals surface area contributed by atoms with E-state index < -0.39 is 0 Å². The maximum atomic E-state index is 12.1. The molecule has 6 heteroatoms. The largest absolute Gasteiger partial charge is 0.373 e. The fourth-order valence-corrected chi connectivity index (χ4v) is 2.18. The molecule has 0 spiro atoms. The number of Topliss-reactive ketones (excluding diaryl/α,β-unsaturated/α-hetero) is 1. The quantitative estimate of drug-likeness (QED) is 0.752. The van der Waals surface area contributed by atoms with E-state index in [4.69, 9.17) is 0 Å². The van der Waals surface area contributed by atoms with Crippen molar-refractivity contribution in [3.8, 4) is 0 Å². The van der Waals surface area contributed by atoms with Crippen molar-refractivity contribution >= 4 is 11.5 Å². The van der Waals surface area contributed by atoms with Gasteiger partial charge in [-0.15, -0.1) is 0 Å². The summed E-state index contributed by atoms with van der Waals surface area (Å²) in [4.78, 5) is 26.2. The topological polar surface area (TPSA) is 60.1 Å². The predicted molar refractivity (Wildman–Crippen MR) is 81.8 cm³/mol. The number of rotatable bonds is 6. The van der Waals surface area contributed by atoms with Crippen LogP contribution in [0.15, 0.2) is 35.4 Å². The molecular formula is C15H20N4O2. The second-order valence-corrected chi connectivity index (χ2v) is 5.06. The van der Waals surface area contributed by atoms with Gasteiger partial charge in [0.05, 0.1) is 17.6 Å². The molecular weight excluding hydrogens is 268 g/mol. The van der Waals surface area contributed by atoms with E-state index in [9.17, 15) is 9.59 Å². The summed E-state index contributed by atoms with van der Waals surface area (Å²) in [5.74, 6) is -0.133. The highest BCUT2D eigenvalue weighted by Gasteiger charge is 2.12. The van der Waals surface area contributed by atoms with Gasteiger partial charge in [0.15, 0.2) is 0 Å². The molecule has 0 amide bonds. The normalized spacial score (nSPS) is 10.6. The second kappa shape index (κ2) is 6.39. The molecule has 2 aromatic rings. The summed E-state index contributed by atoms with van der Waals surface area (Å²) in [6.07, 6.45) is 4.41. The molecule has 0 unspecified atom stereocenters. The fraction of sp³-hybridized carbons (Fsp3) is 0.400. The third kappa shape index (κ3) is 3.39. The van der Waals surface area contributed by atoms with E-state index in [0.717, 1.165) is 18.7 Å². The number of nitrogens with zero attached hydrogens (tertiary/aromatic N) is 4. The molecule has 0 aliphatic rings. The summed E-state index contributed by atoms with van der Waals surface area (Å²) < 4.78 is 2.93. The standard InChI is InChI=1S/C15H20N4O2/c1-4-7-17(2)12-9-15(21)19(16-10-12)11-14(20)13-6-5-8-18(13)3/h5-6,8-10H,4,7,11H2,1-3H3. The van der Waals surface area contributed by atoms with Crippen molar-refractivity contribution in [1.82, 2.24) is 14.3 Å². The van der Waals surface area contributed by atoms with Crippen LogP contribution in [0.1, 0.15) is 23.8 Å². The maximum absolute atomic E-state index is 12.1. The van der Waals surface area contributed by atoms with Crippen LogP contribution in [0.25, 0.3) is 0 Å². The van der Waals surface area contributed by atoms with Crippen molar-refractivity contribution in [2.75, 3.05) is 18.5 Å². The number of aryl methyl sites for hydroxylation is 1. The zero-order chi connectivity index (χ0) is 15.4. The van der Waals surface area contributed by atoms with E-state index in [-0.39, 0.29) is 17.9 Å². The summed E-state index contributed by atoms with van der Waals surface area (Å²) in [7, 11) is 3.71. The molecule has 0 N–H and O–H groups in total. The molecule has 2 heterocycles. The molecule has 0 bridgehead atoms. The molecule has 0 aliphatic heterocycles. The summed E-state index contributed by atoms with van der Waals surface area (Å²) >= 11 is 0. The number of aromatic nitrogens is 3. The minimum atomic E-state index is -0.266. The average Bonchev–Trinajstić information content (AvgIpc) is 2.87. The molecule has 0 radical (unpaired) electrons. The van der Waals surface area contributed by atoms with E-state index in [2.05, 4.69) is 12.0 Å². The highest BCUT2D eigenvalue weighted by molar-refractivity contribution is 5.94. The molecule has 2 rings (SSSR count). The van der Waals surface area contributed by atoms with Crippen molar-refractivity contribution < 1.29 is 4.79 Å². The first-order valence-corrected chi connectivity index (χ1v) is 6.95. The SMILES string of the molecule is CCCN(C)c1cnn(CC(=O)c2cccn2C)c(=O)c1. The first kappa shape index (κ1) is 15.0. The Hall–Kier alpha value is -2.37. The number of carbonyl (C=O) groups excluding carboxylic acids is 1. The zero-order valence-electron chi connectivity index (χ0n) is 12.6. The van der Waals surface area contributed by atoms with Crippen LogP contribution in [0.4, 0.5) is 5.69 Å². The summed E-state index contributed by atoms with van der Waals surface area (Å²) in [5.41, 5.74) is 1.07. The first-order valence-electron chi connectivity index (χ1n) is 6.95. The third-order valence-electron chi connectivity index (χ3n) is 3.38. The lowest BCUT2D eigenvalue weighted by atomic mass is 10.3. The van der Waals surface area contributed by atoms with Crippen LogP contribution in [0, 0.1) is 0 Å². The van der Waals surface area contributed by atoms with Gasteiger partial charge in [0.2, 0.25) is 5.78 Å². The molecule has 21 heavy (non-hydrogen) atoms.